The van der Waals surface area contributed by atoms with Crippen LogP contribution in [0.25, 0.3) is 11.3 Å². The van der Waals surface area contributed by atoms with E-state index in [2.05, 4.69) is 22.4 Å². The van der Waals surface area contributed by atoms with Gasteiger partial charge in [0.1, 0.15) is 11.5 Å². The third-order valence-corrected chi connectivity index (χ3v) is 3.39. The number of halogens is 2. The van der Waals surface area contributed by atoms with E-state index in [9.17, 15) is 0 Å². The Balaban J connectivity index is 2.04. The Bertz CT molecular complexity index is 713. The summed E-state index contributed by atoms with van der Waals surface area (Å²) in [5, 5.41) is 8.42. The van der Waals surface area contributed by atoms with Gasteiger partial charge in [0.15, 0.2) is 5.11 Å². The molecular weight excluding hydrogens is 341 g/mol. The molecule has 1 aromatic carbocycles. The van der Waals surface area contributed by atoms with Gasteiger partial charge in [-0.1, -0.05) is 29.3 Å². The van der Waals surface area contributed by atoms with Crippen LogP contribution in [0.5, 0.6) is 0 Å². The molecule has 22 heavy (non-hydrogen) atoms. The number of hydrogen-bond donors (Lipinski definition) is 2. The van der Waals surface area contributed by atoms with Crippen LogP contribution in [0.1, 0.15) is 5.76 Å². The first kappa shape index (κ1) is 16.5. The average molecular weight is 354 g/mol. The number of hydrogen-bond acceptors (Lipinski definition) is 3. The highest BCUT2D eigenvalue weighted by Crippen LogP contribution is 2.31. The van der Waals surface area contributed by atoms with Crippen molar-refractivity contribution in [3.63, 3.8) is 0 Å². The van der Waals surface area contributed by atoms with Crippen molar-refractivity contribution in [3.05, 3.63) is 58.8 Å². The quantitative estimate of drug-likeness (QED) is 0.365. The van der Waals surface area contributed by atoms with E-state index in [0.29, 0.717) is 33.2 Å². The lowest BCUT2D eigenvalue weighted by Crippen LogP contribution is -2.31. The topological polar surface area (TPSA) is 49.6 Å². The molecule has 2 N–H and O–H groups in total. The Hall–Kier alpha value is -1.82. The normalized spacial score (nSPS) is 10.6. The molecule has 0 aliphatic rings. The molecule has 0 saturated carbocycles. The lowest BCUT2D eigenvalue weighted by molar-refractivity contribution is 0.574. The molecule has 0 fully saturated rings. The Kier molecular flexibility index (Phi) is 6.00. The molecule has 0 amide bonds. The molecule has 2 rings (SSSR count). The molecular formula is C15H13Cl2N3OS. The highest BCUT2D eigenvalue weighted by atomic mass is 35.5. The molecule has 0 saturated heterocycles. The van der Waals surface area contributed by atoms with Gasteiger partial charge in [-0.15, -0.1) is 6.58 Å². The zero-order chi connectivity index (χ0) is 15.9. The van der Waals surface area contributed by atoms with Crippen LogP contribution < -0.4 is 10.7 Å². The number of furan rings is 1. The van der Waals surface area contributed by atoms with Crippen molar-refractivity contribution < 1.29 is 4.42 Å². The highest BCUT2D eigenvalue weighted by Gasteiger charge is 2.08. The first-order valence-corrected chi connectivity index (χ1v) is 7.49. The Morgan fingerprint density at radius 2 is 2.14 bits per heavy atom. The molecule has 1 aromatic heterocycles. The number of thiocarbonyl (C=S) groups is 1. The third-order valence-electron chi connectivity index (χ3n) is 2.59. The molecule has 114 valence electrons. The lowest BCUT2D eigenvalue weighted by Gasteiger charge is -2.02. The SMILES string of the molecule is C=CCNC(=S)NN=Cc1ccc(-c2cc(Cl)ccc2Cl)o1. The zero-order valence-corrected chi connectivity index (χ0v) is 13.8. The summed E-state index contributed by atoms with van der Waals surface area (Å²) in [6.07, 6.45) is 3.22. The Morgan fingerprint density at radius 1 is 1.32 bits per heavy atom. The smallest absolute Gasteiger partial charge is 0.187 e. The van der Waals surface area contributed by atoms with Crippen molar-refractivity contribution >= 4 is 46.7 Å². The Morgan fingerprint density at radius 3 is 2.91 bits per heavy atom. The van der Waals surface area contributed by atoms with Crippen LogP contribution in [-0.2, 0) is 0 Å². The first-order valence-electron chi connectivity index (χ1n) is 6.33. The number of nitrogens with one attached hydrogen (secondary N) is 2. The second-order valence-electron chi connectivity index (χ2n) is 4.19. The fourth-order valence-electron chi connectivity index (χ4n) is 1.61. The third kappa shape index (κ3) is 4.59. The second-order valence-corrected chi connectivity index (χ2v) is 5.45. The van der Waals surface area contributed by atoms with Crippen LogP contribution >= 0.6 is 35.4 Å². The van der Waals surface area contributed by atoms with Gasteiger partial charge in [0.05, 0.1) is 11.2 Å². The van der Waals surface area contributed by atoms with E-state index in [1.54, 1.807) is 36.4 Å². The van der Waals surface area contributed by atoms with E-state index >= 15 is 0 Å². The maximum Gasteiger partial charge on any atom is 0.187 e. The van der Waals surface area contributed by atoms with Crippen LogP contribution in [0, 0.1) is 0 Å². The summed E-state index contributed by atoms with van der Waals surface area (Å²) >= 11 is 17.1. The van der Waals surface area contributed by atoms with Crippen molar-refractivity contribution in [1.29, 1.82) is 0 Å². The van der Waals surface area contributed by atoms with Crippen LogP contribution in [0.2, 0.25) is 10.0 Å². The zero-order valence-electron chi connectivity index (χ0n) is 11.5. The van der Waals surface area contributed by atoms with E-state index in [4.69, 9.17) is 39.8 Å². The number of benzene rings is 1. The van der Waals surface area contributed by atoms with E-state index in [0.717, 1.165) is 5.56 Å². The number of nitrogens with zero attached hydrogens (tertiary/aromatic N) is 1. The minimum atomic E-state index is 0.404. The van der Waals surface area contributed by atoms with Crippen LogP contribution in [0.4, 0.5) is 0 Å². The predicted molar refractivity (Wildman–Crippen MR) is 95.7 cm³/mol. The summed E-state index contributed by atoms with van der Waals surface area (Å²) in [5.74, 6) is 1.17. The average Bonchev–Trinajstić information content (AvgIpc) is 2.96. The maximum atomic E-state index is 6.14. The summed E-state index contributed by atoms with van der Waals surface area (Å²) in [4.78, 5) is 0. The summed E-state index contributed by atoms with van der Waals surface area (Å²) < 4.78 is 5.66. The predicted octanol–water partition coefficient (Wildman–Crippen LogP) is 4.24. The van der Waals surface area contributed by atoms with E-state index in [1.165, 1.54) is 6.21 Å². The van der Waals surface area contributed by atoms with Crippen LogP contribution in [0.3, 0.4) is 0 Å². The molecule has 0 aliphatic carbocycles. The van der Waals surface area contributed by atoms with Crippen LogP contribution in [0.15, 0.2) is 52.5 Å². The van der Waals surface area contributed by atoms with Crippen molar-refractivity contribution in [2.75, 3.05) is 6.54 Å². The summed E-state index contributed by atoms with van der Waals surface area (Å²) in [6, 6.07) is 8.77. The van der Waals surface area contributed by atoms with E-state index in [-0.39, 0.29) is 0 Å². The summed E-state index contributed by atoms with van der Waals surface area (Å²) in [6.45, 7) is 4.15. The molecule has 0 bridgehead atoms. The van der Waals surface area contributed by atoms with Gasteiger partial charge >= 0.3 is 0 Å². The molecule has 0 spiro atoms. The largest absolute Gasteiger partial charge is 0.455 e. The minimum absolute atomic E-state index is 0.404. The second kappa shape index (κ2) is 7.98. The van der Waals surface area contributed by atoms with Gasteiger partial charge in [-0.25, -0.2) is 0 Å². The maximum absolute atomic E-state index is 6.14. The Labute approximate surface area is 143 Å². The monoisotopic (exact) mass is 353 g/mol. The molecule has 1 heterocycles. The lowest BCUT2D eigenvalue weighted by atomic mass is 10.2. The molecule has 2 aromatic rings. The van der Waals surface area contributed by atoms with Gasteiger partial charge < -0.3 is 9.73 Å². The van der Waals surface area contributed by atoms with E-state index in [1.807, 2.05) is 0 Å². The van der Waals surface area contributed by atoms with Gasteiger partial charge in [-0.05, 0) is 42.5 Å². The standard InChI is InChI=1S/C15H13Cl2N3OS/c1-2-7-18-15(22)20-19-9-11-4-6-14(21-11)12-8-10(16)3-5-13(12)17/h2-6,8-9H,1,7H2,(H2,18,20,22). The molecule has 0 radical (unpaired) electrons. The van der Waals surface area contributed by atoms with Crippen LogP contribution in [-0.4, -0.2) is 17.9 Å². The molecule has 0 atom stereocenters. The molecule has 4 nitrogen and oxygen atoms in total. The molecule has 7 heteroatoms. The van der Waals surface area contributed by atoms with Gasteiger partial charge in [-0.3, -0.25) is 5.43 Å². The minimum Gasteiger partial charge on any atom is -0.455 e. The van der Waals surface area contributed by atoms with Gasteiger partial charge in [-0.2, -0.15) is 5.10 Å². The van der Waals surface area contributed by atoms with Crippen molar-refractivity contribution in [3.8, 4) is 11.3 Å². The number of hydrazone groups is 1. The van der Waals surface area contributed by atoms with Gasteiger partial charge in [0, 0.05) is 17.1 Å². The summed E-state index contributed by atoms with van der Waals surface area (Å²) in [7, 11) is 0. The van der Waals surface area contributed by atoms with Crippen molar-refractivity contribution in [2.45, 2.75) is 0 Å². The van der Waals surface area contributed by atoms with Crippen molar-refractivity contribution in [1.82, 2.24) is 10.7 Å². The van der Waals surface area contributed by atoms with E-state index < -0.39 is 0 Å². The highest BCUT2D eigenvalue weighted by molar-refractivity contribution is 7.80. The first-order chi connectivity index (χ1) is 10.6. The molecule has 0 aliphatic heterocycles. The summed E-state index contributed by atoms with van der Waals surface area (Å²) in [5.41, 5.74) is 3.40. The number of rotatable bonds is 5. The molecule has 0 unspecified atom stereocenters. The van der Waals surface area contributed by atoms with Crippen molar-refractivity contribution in [2.24, 2.45) is 5.10 Å². The fourth-order valence-corrected chi connectivity index (χ4v) is 2.13. The fraction of sp³-hybridized carbons (Fsp3) is 0.0667. The van der Waals surface area contributed by atoms with Gasteiger partial charge in [0.2, 0.25) is 0 Å². The van der Waals surface area contributed by atoms with Gasteiger partial charge in [0.25, 0.3) is 0 Å².